The highest BCUT2D eigenvalue weighted by molar-refractivity contribution is 5.97. The van der Waals surface area contributed by atoms with E-state index < -0.39 is 11.7 Å². The molecule has 0 unspecified atom stereocenters. The molecule has 0 aliphatic carbocycles. The molecular weight excluding hydrogens is 273 g/mol. The Morgan fingerprint density at radius 3 is 2.76 bits per heavy atom. The number of nitrogens with zero attached hydrogens (tertiary/aromatic N) is 1. The highest BCUT2D eigenvalue weighted by Crippen LogP contribution is 2.27. The van der Waals surface area contributed by atoms with Gasteiger partial charge in [-0.1, -0.05) is 12.1 Å². The second-order valence-electron chi connectivity index (χ2n) is 4.30. The molecule has 0 fully saturated rings. The maximum Gasteiger partial charge on any atom is 0.252 e. The Morgan fingerprint density at radius 2 is 2.10 bits per heavy atom. The molecule has 0 spiro atoms. The second-order valence-corrected chi connectivity index (χ2v) is 4.30. The molecular formula is C15H12FN3O2. The van der Waals surface area contributed by atoms with Crippen LogP contribution in [0.15, 0.2) is 36.4 Å². The van der Waals surface area contributed by atoms with Crippen molar-refractivity contribution in [3.05, 3.63) is 58.9 Å². The van der Waals surface area contributed by atoms with E-state index >= 15 is 0 Å². The number of para-hydroxylation sites is 1. The molecule has 0 radical (unpaired) electrons. The van der Waals surface area contributed by atoms with E-state index in [1.807, 2.05) is 0 Å². The number of benzene rings is 2. The number of carbonyl (C=O) groups excluding carboxylic acids is 1. The Labute approximate surface area is 120 Å². The van der Waals surface area contributed by atoms with Gasteiger partial charge in [0.15, 0.2) is 5.75 Å². The normalized spacial score (nSPS) is 9.90. The summed E-state index contributed by atoms with van der Waals surface area (Å²) >= 11 is 0. The van der Waals surface area contributed by atoms with Crippen LogP contribution in [-0.4, -0.2) is 5.91 Å². The van der Waals surface area contributed by atoms with Gasteiger partial charge in [0.1, 0.15) is 18.5 Å². The van der Waals surface area contributed by atoms with Crippen molar-refractivity contribution in [3.8, 4) is 11.8 Å². The summed E-state index contributed by atoms with van der Waals surface area (Å²) in [7, 11) is 0. The Morgan fingerprint density at radius 1 is 1.33 bits per heavy atom. The zero-order valence-electron chi connectivity index (χ0n) is 11.0. The van der Waals surface area contributed by atoms with Gasteiger partial charge in [0, 0.05) is 0 Å². The summed E-state index contributed by atoms with van der Waals surface area (Å²) in [6.45, 7) is 0.0312. The minimum atomic E-state index is -0.658. The average molecular weight is 285 g/mol. The number of hydrogen-bond acceptors (Lipinski definition) is 4. The molecule has 0 saturated carbocycles. The van der Waals surface area contributed by atoms with Gasteiger partial charge in [0.05, 0.1) is 16.8 Å². The van der Waals surface area contributed by atoms with E-state index in [4.69, 9.17) is 21.5 Å². The molecule has 106 valence electrons. The van der Waals surface area contributed by atoms with Crippen LogP contribution in [0.5, 0.6) is 5.75 Å². The van der Waals surface area contributed by atoms with Gasteiger partial charge in [0.25, 0.3) is 5.91 Å². The number of halogens is 1. The van der Waals surface area contributed by atoms with E-state index in [0.717, 1.165) is 0 Å². The van der Waals surface area contributed by atoms with E-state index in [9.17, 15) is 9.18 Å². The van der Waals surface area contributed by atoms with Crippen LogP contribution in [0.25, 0.3) is 0 Å². The van der Waals surface area contributed by atoms with Crippen molar-refractivity contribution in [2.24, 2.45) is 5.73 Å². The number of anilines is 1. The first-order valence-corrected chi connectivity index (χ1v) is 6.02. The molecule has 0 bridgehead atoms. The average Bonchev–Trinajstić information content (AvgIpc) is 2.47. The largest absolute Gasteiger partial charge is 0.486 e. The van der Waals surface area contributed by atoms with E-state index in [-0.39, 0.29) is 29.2 Å². The number of hydrogen-bond donors (Lipinski definition) is 2. The predicted octanol–water partition coefficient (Wildman–Crippen LogP) is 1.96. The third kappa shape index (κ3) is 3.09. The van der Waals surface area contributed by atoms with Crippen LogP contribution in [0.3, 0.4) is 0 Å². The van der Waals surface area contributed by atoms with E-state index in [1.165, 1.54) is 24.3 Å². The third-order valence-electron chi connectivity index (χ3n) is 2.85. The van der Waals surface area contributed by atoms with Gasteiger partial charge in [-0.25, -0.2) is 4.39 Å². The number of carbonyl (C=O) groups is 1. The van der Waals surface area contributed by atoms with Crippen LogP contribution < -0.4 is 16.2 Å². The van der Waals surface area contributed by atoms with Crippen molar-refractivity contribution in [2.75, 3.05) is 5.73 Å². The molecule has 0 aromatic heterocycles. The minimum absolute atomic E-state index is 0.0312. The lowest BCUT2D eigenvalue weighted by atomic mass is 10.1. The summed E-state index contributed by atoms with van der Waals surface area (Å²) < 4.78 is 18.7. The summed E-state index contributed by atoms with van der Waals surface area (Å²) in [4.78, 5) is 11.3. The lowest BCUT2D eigenvalue weighted by Gasteiger charge is -2.12. The van der Waals surface area contributed by atoms with Gasteiger partial charge in [-0.05, 0) is 29.8 Å². The maximum atomic E-state index is 13.2. The standard InChI is InChI=1S/C15H12FN3O2/c16-12-5-4-9(6-10(12)7-17)8-21-14-11(15(19)20)2-1-3-13(14)18/h1-6H,8,18H2,(H2,19,20). The number of nitrogens with two attached hydrogens (primary N) is 2. The van der Waals surface area contributed by atoms with Crippen LogP contribution in [0.1, 0.15) is 21.5 Å². The molecule has 4 N–H and O–H groups in total. The number of rotatable bonds is 4. The molecule has 0 saturated heterocycles. The van der Waals surface area contributed by atoms with Gasteiger partial charge >= 0.3 is 0 Å². The van der Waals surface area contributed by atoms with Gasteiger partial charge in [-0.15, -0.1) is 0 Å². The molecule has 0 heterocycles. The summed E-state index contributed by atoms with van der Waals surface area (Å²) in [6, 6.07) is 10.5. The number of amides is 1. The maximum absolute atomic E-state index is 13.2. The summed E-state index contributed by atoms with van der Waals surface area (Å²) in [5.74, 6) is -1.08. The van der Waals surface area contributed by atoms with Crippen molar-refractivity contribution >= 4 is 11.6 Å². The van der Waals surface area contributed by atoms with Crippen LogP contribution >= 0.6 is 0 Å². The van der Waals surface area contributed by atoms with E-state index in [1.54, 1.807) is 18.2 Å². The molecule has 0 aliphatic rings. The zero-order chi connectivity index (χ0) is 15.4. The molecule has 2 aromatic rings. The number of nitrogen functional groups attached to an aromatic ring is 1. The molecule has 2 aromatic carbocycles. The molecule has 1 amide bonds. The summed E-state index contributed by atoms with van der Waals surface area (Å²) in [5.41, 5.74) is 11.9. The van der Waals surface area contributed by atoms with Crippen LogP contribution in [0, 0.1) is 17.1 Å². The number of primary amides is 1. The lowest BCUT2D eigenvalue weighted by molar-refractivity contribution is 0.0996. The van der Waals surface area contributed by atoms with Gasteiger partial charge in [-0.3, -0.25) is 4.79 Å². The van der Waals surface area contributed by atoms with Crippen molar-refractivity contribution in [3.63, 3.8) is 0 Å². The molecule has 0 atom stereocenters. The van der Waals surface area contributed by atoms with Gasteiger partial charge in [-0.2, -0.15) is 5.26 Å². The highest BCUT2D eigenvalue weighted by Gasteiger charge is 2.13. The van der Waals surface area contributed by atoms with Crippen molar-refractivity contribution in [1.29, 1.82) is 5.26 Å². The quantitative estimate of drug-likeness (QED) is 0.838. The topological polar surface area (TPSA) is 102 Å². The third-order valence-corrected chi connectivity index (χ3v) is 2.85. The number of nitriles is 1. The number of ether oxygens (including phenoxy) is 1. The van der Waals surface area contributed by atoms with Crippen LogP contribution in [0.2, 0.25) is 0 Å². The van der Waals surface area contributed by atoms with Crippen LogP contribution in [-0.2, 0) is 6.61 Å². The first kappa shape index (κ1) is 14.3. The zero-order valence-corrected chi connectivity index (χ0v) is 11.0. The monoisotopic (exact) mass is 285 g/mol. The van der Waals surface area contributed by atoms with E-state index in [0.29, 0.717) is 5.56 Å². The van der Waals surface area contributed by atoms with Crippen molar-refractivity contribution in [2.45, 2.75) is 6.61 Å². The minimum Gasteiger partial charge on any atom is -0.486 e. The highest BCUT2D eigenvalue weighted by atomic mass is 19.1. The Balaban J connectivity index is 2.25. The van der Waals surface area contributed by atoms with Crippen molar-refractivity contribution < 1.29 is 13.9 Å². The SMILES string of the molecule is N#Cc1cc(COc2c(N)cccc2C(N)=O)ccc1F. The first-order chi connectivity index (χ1) is 10.0. The fourth-order valence-electron chi connectivity index (χ4n) is 1.81. The van der Waals surface area contributed by atoms with Crippen LogP contribution in [0.4, 0.5) is 10.1 Å². The van der Waals surface area contributed by atoms with E-state index in [2.05, 4.69) is 0 Å². The van der Waals surface area contributed by atoms with Crippen molar-refractivity contribution in [1.82, 2.24) is 0 Å². The summed E-state index contributed by atoms with van der Waals surface area (Å²) in [6.07, 6.45) is 0. The Kier molecular flexibility index (Phi) is 4.05. The Bertz CT molecular complexity index is 738. The fourth-order valence-corrected chi connectivity index (χ4v) is 1.81. The summed E-state index contributed by atoms with van der Waals surface area (Å²) in [5, 5.41) is 8.78. The lowest BCUT2D eigenvalue weighted by Crippen LogP contribution is -2.14. The molecule has 2 rings (SSSR count). The van der Waals surface area contributed by atoms with Gasteiger partial charge < -0.3 is 16.2 Å². The smallest absolute Gasteiger partial charge is 0.252 e. The second kappa shape index (κ2) is 5.92. The predicted molar refractivity (Wildman–Crippen MR) is 74.8 cm³/mol. The molecule has 5 nitrogen and oxygen atoms in total. The molecule has 21 heavy (non-hydrogen) atoms. The van der Waals surface area contributed by atoms with Gasteiger partial charge in [0.2, 0.25) is 0 Å². The molecule has 6 heteroatoms. The first-order valence-electron chi connectivity index (χ1n) is 6.02. The molecule has 0 aliphatic heterocycles. The fraction of sp³-hybridized carbons (Fsp3) is 0.0667. The Hall–Kier alpha value is -3.07.